The van der Waals surface area contributed by atoms with Crippen molar-refractivity contribution in [3.63, 3.8) is 0 Å². The van der Waals surface area contributed by atoms with E-state index in [1.165, 1.54) is 6.92 Å². The van der Waals surface area contributed by atoms with Crippen molar-refractivity contribution in [3.8, 4) is 0 Å². The van der Waals surface area contributed by atoms with Crippen LogP contribution in [-0.4, -0.2) is 35.8 Å². The molecule has 0 aliphatic carbocycles. The van der Waals surface area contributed by atoms with Gasteiger partial charge in [-0.25, -0.2) is 0 Å². The second-order valence-electron chi connectivity index (χ2n) is 6.60. The molecule has 1 aliphatic heterocycles. The van der Waals surface area contributed by atoms with Crippen molar-refractivity contribution in [2.75, 3.05) is 13.1 Å². The normalized spacial score (nSPS) is 21.1. The highest BCUT2D eigenvalue weighted by Gasteiger charge is 2.32. The van der Waals surface area contributed by atoms with Crippen LogP contribution in [-0.2, 0) is 9.59 Å². The Morgan fingerprint density at radius 2 is 1.96 bits per heavy atom. The summed E-state index contributed by atoms with van der Waals surface area (Å²) in [5.41, 5.74) is 7.85. The first-order chi connectivity index (χ1) is 10.9. The van der Waals surface area contributed by atoms with Crippen LogP contribution in [0.5, 0.6) is 0 Å². The Labute approximate surface area is 150 Å². The molecule has 1 heterocycles. The summed E-state index contributed by atoms with van der Waals surface area (Å²) in [7, 11) is 0. The molecule has 1 aromatic rings. The average molecular weight is 354 g/mol. The molecular formula is C18H28ClN3O2. The van der Waals surface area contributed by atoms with Crippen LogP contribution in [0.4, 0.5) is 0 Å². The molecule has 1 aliphatic rings. The van der Waals surface area contributed by atoms with E-state index in [9.17, 15) is 9.59 Å². The third-order valence-electron chi connectivity index (χ3n) is 4.55. The number of amides is 2. The number of nitrogens with zero attached hydrogens (tertiary/aromatic N) is 1. The van der Waals surface area contributed by atoms with Gasteiger partial charge in [0.05, 0.1) is 12.5 Å². The van der Waals surface area contributed by atoms with Gasteiger partial charge in [-0.1, -0.05) is 29.8 Å². The molecule has 134 valence electrons. The zero-order chi connectivity index (χ0) is 17.0. The number of hydrogen-bond acceptors (Lipinski definition) is 3. The molecule has 6 heteroatoms. The van der Waals surface area contributed by atoms with Gasteiger partial charge < -0.3 is 16.0 Å². The number of nitrogens with two attached hydrogens (primary N) is 1. The molecule has 1 aromatic carbocycles. The molecule has 24 heavy (non-hydrogen) atoms. The maximum absolute atomic E-state index is 12.7. The van der Waals surface area contributed by atoms with Crippen LogP contribution < -0.4 is 11.1 Å². The van der Waals surface area contributed by atoms with Crippen molar-refractivity contribution < 1.29 is 9.59 Å². The highest BCUT2D eigenvalue weighted by Crippen LogP contribution is 2.26. The number of benzene rings is 1. The second-order valence-corrected chi connectivity index (χ2v) is 6.60. The van der Waals surface area contributed by atoms with E-state index in [1.54, 1.807) is 0 Å². The molecule has 0 spiro atoms. The summed E-state index contributed by atoms with van der Waals surface area (Å²) in [6.45, 7) is 6.89. The Bertz CT molecular complexity index is 562. The first kappa shape index (κ1) is 20.5. The molecule has 2 amide bonds. The lowest BCUT2D eigenvalue weighted by Gasteiger charge is -2.25. The third kappa shape index (κ3) is 5.21. The number of halogens is 1. The Balaban J connectivity index is 0.00000288. The highest BCUT2D eigenvalue weighted by molar-refractivity contribution is 5.85. The van der Waals surface area contributed by atoms with Crippen LogP contribution in [0.25, 0.3) is 0 Å². The molecule has 0 bridgehead atoms. The fourth-order valence-corrected chi connectivity index (χ4v) is 3.25. The fraction of sp³-hybridized carbons (Fsp3) is 0.556. The summed E-state index contributed by atoms with van der Waals surface area (Å²) in [5.74, 6) is 0.331. The minimum Gasteiger partial charge on any atom is -0.349 e. The minimum atomic E-state index is -0.287. The van der Waals surface area contributed by atoms with E-state index in [1.807, 2.05) is 36.1 Å². The predicted octanol–water partition coefficient (Wildman–Crippen LogP) is 2.18. The molecule has 5 nitrogen and oxygen atoms in total. The van der Waals surface area contributed by atoms with Crippen LogP contribution in [0.15, 0.2) is 24.3 Å². The van der Waals surface area contributed by atoms with Crippen LogP contribution in [0, 0.1) is 12.8 Å². The summed E-state index contributed by atoms with van der Waals surface area (Å²) < 4.78 is 0. The van der Waals surface area contributed by atoms with Crippen LogP contribution in [0.1, 0.15) is 43.9 Å². The Hall–Kier alpha value is -1.59. The lowest BCUT2D eigenvalue weighted by molar-refractivity contribution is -0.132. The van der Waals surface area contributed by atoms with Gasteiger partial charge in [0.1, 0.15) is 0 Å². The summed E-state index contributed by atoms with van der Waals surface area (Å²) in [6.07, 6.45) is 1.24. The van der Waals surface area contributed by atoms with E-state index in [0.29, 0.717) is 12.5 Å². The van der Waals surface area contributed by atoms with Gasteiger partial charge >= 0.3 is 0 Å². The number of nitrogens with one attached hydrogen (secondary N) is 1. The first-order valence-corrected chi connectivity index (χ1v) is 8.24. The molecule has 0 saturated carbocycles. The van der Waals surface area contributed by atoms with E-state index in [0.717, 1.165) is 24.1 Å². The van der Waals surface area contributed by atoms with Crippen LogP contribution in [0.3, 0.4) is 0 Å². The lowest BCUT2D eigenvalue weighted by Crippen LogP contribution is -2.38. The molecule has 1 saturated heterocycles. The van der Waals surface area contributed by atoms with Crippen molar-refractivity contribution in [1.82, 2.24) is 10.2 Å². The molecule has 3 N–H and O–H groups in total. The van der Waals surface area contributed by atoms with Crippen molar-refractivity contribution in [2.24, 2.45) is 11.7 Å². The molecule has 2 rings (SSSR count). The quantitative estimate of drug-likeness (QED) is 0.851. The smallest absolute Gasteiger partial charge is 0.225 e. The minimum absolute atomic E-state index is 0. The largest absolute Gasteiger partial charge is 0.349 e. The number of rotatable bonds is 5. The van der Waals surface area contributed by atoms with E-state index < -0.39 is 0 Å². The summed E-state index contributed by atoms with van der Waals surface area (Å²) in [5, 5.41) is 2.90. The Kier molecular flexibility index (Phi) is 7.70. The topological polar surface area (TPSA) is 75.4 Å². The SMILES string of the molecule is CC(=O)NC(CC(=O)N1CC(CN)CC1C)c1ccc(C)cc1.Cl. The van der Waals surface area contributed by atoms with Gasteiger partial charge in [0, 0.05) is 19.5 Å². The second kappa shape index (κ2) is 9.04. The standard InChI is InChI=1S/C18H27N3O2.ClH/c1-12-4-6-16(7-5-12)17(20-14(3)22)9-18(23)21-11-15(10-19)8-13(21)2;/h4-7,13,15,17H,8-11,19H2,1-3H3,(H,20,22);1H. The monoisotopic (exact) mass is 353 g/mol. The molecule has 0 radical (unpaired) electrons. The highest BCUT2D eigenvalue weighted by atomic mass is 35.5. The fourth-order valence-electron chi connectivity index (χ4n) is 3.25. The van der Waals surface area contributed by atoms with E-state index in [2.05, 4.69) is 12.2 Å². The molecule has 3 atom stereocenters. The molecular weight excluding hydrogens is 326 g/mol. The van der Waals surface area contributed by atoms with Gasteiger partial charge in [0.15, 0.2) is 0 Å². The van der Waals surface area contributed by atoms with E-state index in [4.69, 9.17) is 5.73 Å². The van der Waals surface area contributed by atoms with E-state index >= 15 is 0 Å². The van der Waals surface area contributed by atoms with Crippen LogP contribution >= 0.6 is 12.4 Å². The zero-order valence-corrected chi connectivity index (χ0v) is 15.4. The van der Waals surface area contributed by atoms with Crippen molar-refractivity contribution >= 4 is 24.2 Å². The number of likely N-dealkylation sites (tertiary alicyclic amines) is 1. The average Bonchev–Trinajstić information content (AvgIpc) is 2.88. The summed E-state index contributed by atoms with van der Waals surface area (Å²) in [6, 6.07) is 7.87. The number of aryl methyl sites for hydroxylation is 1. The van der Waals surface area contributed by atoms with Crippen molar-refractivity contribution in [3.05, 3.63) is 35.4 Å². The molecule has 1 fully saturated rings. The Morgan fingerprint density at radius 3 is 2.46 bits per heavy atom. The molecule has 3 unspecified atom stereocenters. The van der Waals surface area contributed by atoms with Gasteiger partial charge in [-0.05, 0) is 38.3 Å². The Morgan fingerprint density at radius 1 is 1.33 bits per heavy atom. The van der Waals surface area contributed by atoms with Gasteiger partial charge in [0.2, 0.25) is 11.8 Å². The van der Waals surface area contributed by atoms with Crippen LogP contribution in [0.2, 0.25) is 0 Å². The van der Waals surface area contributed by atoms with Gasteiger partial charge in [-0.2, -0.15) is 0 Å². The number of hydrogen-bond donors (Lipinski definition) is 2. The van der Waals surface area contributed by atoms with Gasteiger partial charge in [-0.15, -0.1) is 12.4 Å². The van der Waals surface area contributed by atoms with Crippen molar-refractivity contribution in [2.45, 2.75) is 45.7 Å². The number of carbonyl (C=O) groups is 2. The lowest BCUT2D eigenvalue weighted by atomic mass is 10.0. The predicted molar refractivity (Wildman–Crippen MR) is 97.9 cm³/mol. The van der Waals surface area contributed by atoms with Gasteiger partial charge in [-0.3, -0.25) is 9.59 Å². The van der Waals surface area contributed by atoms with E-state index in [-0.39, 0.29) is 42.7 Å². The number of carbonyl (C=O) groups excluding carboxylic acids is 2. The molecule has 0 aromatic heterocycles. The van der Waals surface area contributed by atoms with Crippen molar-refractivity contribution in [1.29, 1.82) is 0 Å². The maximum Gasteiger partial charge on any atom is 0.225 e. The zero-order valence-electron chi connectivity index (χ0n) is 14.6. The maximum atomic E-state index is 12.7. The van der Waals surface area contributed by atoms with Gasteiger partial charge in [0.25, 0.3) is 0 Å². The first-order valence-electron chi connectivity index (χ1n) is 8.24. The third-order valence-corrected chi connectivity index (χ3v) is 4.55. The summed E-state index contributed by atoms with van der Waals surface area (Å²) >= 11 is 0. The summed E-state index contributed by atoms with van der Waals surface area (Å²) in [4.78, 5) is 26.1.